The molecule has 0 spiro atoms. The number of hydrogen-bond donors (Lipinski definition) is 1. The van der Waals surface area contributed by atoms with Gasteiger partial charge in [-0.05, 0) is 35.2 Å². The summed E-state index contributed by atoms with van der Waals surface area (Å²) in [6.45, 7) is 4.72. The molecular weight excluding hydrogens is 220 g/mol. The van der Waals surface area contributed by atoms with E-state index in [4.69, 9.17) is 5.73 Å². The molecule has 0 saturated heterocycles. The molecule has 0 atom stereocenters. The van der Waals surface area contributed by atoms with Gasteiger partial charge in [-0.1, -0.05) is 36.4 Å². The van der Waals surface area contributed by atoms with E-state index >= 15 is 0 Å². The van der Waals surface area contributed by atoms with Crippen molar-refractivity contribution in [2.24, 2.45) is 5.73 Å². The van der Waals surface area contributed by atoms with Gasteiger partial charge in [0, 0.05) is 25.3 Å². The van der Waals surface area contributed by atoms with Crippen molar-refractivity contribution in [3.05, 3.63) is 64.7 Å². The molecule has 2 heteroatoms. The smallest absolute Gasteiger partial charge is 0.0436 e. The van der Waals surface area contributed by atoms with Crippen molar-refractivity contribution in [3.63, 3.8) is 0 Å². The molecular formula is C16H18N2. The van der Waals surface area contributed by atoms with Gasteiger partial charge in [0.1, 0.15) is 0 Å². The van der Waals surface area contributed by atoms with Crippen molar-refractivity contribution < 1.29 is 0 Å². The zero-order valence-corrected chi connectivity index (χ0v) is 10.7. The Morgan fingerprint density at radius 1 is 1.06 bits per heavy atom. The molecule has 3 rings (SSSR count). The van der Waals surface area contributed by atoms with Crippen molar-refractivity contribution in [2.75, 3.05) is 4.90 Å². The molecule has 2 aromatic carbocycles. The Kier molecular flexibility index (Phi) is 2.80. The lowest BCUT2D eigenvalue weighted by molar-refractivity contribution is 0.864. The third-order valence-electron chi connectivity index (χ3n) is 3.64. The standard InChI is InChI=1S/C16H18N2/c1-12-6-7-13(9-17)16(8-12)18-10-14-4-2-3-5-15(14)11-18/h2-8H,9-11,17H2,1H3. The summed E-state index contributed by atoms with van der Waals surface area (Å²) in [7, 11) is 0. The second-order valence-corrected chi connectivity index (χ2v) is 4.96. The maximum atomic E-state index is 5.85. The molecule has 1 aliphatic rings. The molecule has 2 N–H and O–H groups in total. The highest BCUT2D eigenvalue weighted by molar-refractivity contribution is 5.58. The van der Waals surface area contributed by atoms with Crippen LogP contribution in [0.25, 0.3) is 0 Å². The second-order valence-electron chi connectivity index (χ2n) is 4.96. The molecule has 0 fully saturated rings. The topological polar surface area (TPSA) is 29.3 Å². The number of fused-ring (bicyclic) bond motifs is 1. The highest BCUT2D eigenvalue weighted by atomic mass is 15.1. The van der Waals surface area contributed by atoms with Crippen LogP contribution in [-0.4, -0.2) is 0 Å². The zero-order valence-electron chi connectivity index (χ0n) is 10.7. The summed E-state index contributed by atoms with van der Waals surface area (Å²) < 4.78 is 0. The summed E-state index contributed by atoms with van der Waals surface area (Å²) >= 11 is 0. The summed E-state index contributed by atoms with van der Waals surface area (Å²) in [6.07, 6.45) is 0. The normalized spacial score (nSPS) is 13.8. The van der Waals surface area contributed by atoms with Gasteiger partial charge in [0.15, 0.2) is 0 Å². The Morgan fingerprint density at radius 3 is 2.33 bits per heavy atom. The van der Waals surface area contributed by atoms with Gasteiger partial charge in [0.05, 0.1) is 0 Å². The molecule has 0 amide bonds. The van der Waals surface area contributed by atoms with Gasteiger partial charge in [0.25, 0.3) is 0 Å². The van der Waals surface area contributed by atoms with Crippen molar-refractivity contribution >= 4 is 5.69 Å². The SMILES string of the molecule is Cc1ccc(CN)c(N2Cc3ccccc3C2)c1. The van der Waals surface area contributed by atoms with E-state index < -0.39 is 0 Å². The molecule has 0 radical (unpaired) electrons. The molecule has 1 heterocycles. The van der Waals surface area contributed by atoms with Gasteiger partial charge in [-0.3, -0.25) is 0 Å². The number of nitrogens with zero attached hydrogens (tertiary/aromatic N) is 1. The molecule has 18 heavy (non-hydrogen) atoms. The minimum absolute atomic E-state index is 0.600. The average molecular weight is 238 g/mol. The summed E-state index contributed by atoms with van der Waals surface area (Å²) in [4.78, 5) is 2.42. The van der Waals surface area contributed by atoms with Crippen LogP contribution in [0.1, 0.15) is 22.3 Å². The van der Waals surface area contributed by atoms with Crippen molar-refractivity contribution in [3.8, 4) is 0 Å². The molecule has 2 aromatic rings. The number of benzene rings is 2. The fourth-order valence-electron chi connectivity index (χ4n) is 2.64. The molecule has 0 aromatic heterocycles. The van der Waals surface area contributed by atoms with E-state index in [0.717, 1.165) is 13.1 Å². The van der Waals surface area contributed by atoms with Crippen LogP contribution in [0.15, 0.2) is 42.5 Å². The number of rotatable bonds is 2. The second kappa shape index (κ2) is 4.46. The van der Waals surface area contributed by atoms with Gasteiger partial charge >= 0.3 is 0 Å². The molecule has 0 saturated carbocycles. The largest absolute Gasteiger partial charge is 0.363 e. The quantitative estimate of drug-likeness (QED) is 0.871. The first kappa shape index (κ1) is 11.3. The van der Waals surface area contributed by atoms with Crippen LogP contribution >= 0.6 is 0 Å². The molecule has 0 aliphatic carbocycles. The first-order valence-corrected chi connectivity index (χ1v) is 6.39. The van der Waals surface area contributed by atoms with Crippen LogP contribution in [-0.2, 0) is 19.6 Å². The highest BCUT2D eigenvalue weighted by Crippen LogP contribution is 2.31. The Bertz CT molecular complexity index is 550. The van der Waals surface area contributed by atoms with E-state index in [9.17, 15) is 0 Å². The van der Waals surface area contributed by atoms with Gasteiger partial charge in [-0.25, -0.2) is 0 Å². The molecule has 2 nitrogen and oxygen atoms in total. The molecule has 92 valence electrons. The third-order valence-corrected chi connectivity index (χ3v) is 3.64. The maximum Gasteiger partial charge on any atom is 0.0436 e. The van der Waals surface area contributed by atoms with Crippen molar-refractivity contribution in [1.82, 2.24) is 0 Å². The van der Waals surface area contributed by atoms with Gasteiger partial charge < -0.3 is 10.6 Å². The molecule has 1 aliphatic heterocycles. The van der Waals surface area contributed by atoms with Crippen molar-refractivity contribution in [1.29, 1.82) is 0 Å². The van der Waals surface area contributed by atoms with Crippen LogP contribution in [0, 0.1) is 6.92 Å². The van der Waals surface area contributed by atoms with Gasteiger partial charge in [0.2, 0.25) is 0 Å². The van der Waals surface area contributed by atoms with Gasteiger partial charge in [-0.2, -0.15) is 0 Å². The monoisotopic (exact) mass is 238 g/mol. The van der Waals surface area contributed by atoms with Crippen molar-refractivity contribution in [2.45, 2.75) is 26.6 Å². The fourth-order valence-corrected chi connectivity index (χ4v) is 2.64. The van der Waals surface area contributed by atoms with Crippen LogP contribution in [0.4, 0.5) is 5.69 Å². The minimum atomic E-state index is 0.600. The summed E-state index contributed by atoms with van der Waals surface area (Å²) in [5.41, 5.74) is 12.5. The van der Waals surface area contributed by atoms with Crippen LogP contribution in [0.3, 0.4) is 0 Å². The summed E-state index contributed by atoms with van der Waals surface area (Å²) in [5, 5.41) is 0. The maximum absolute atomic E-state index is 5.85. The van der Waals surface area contributed by atoms with E-state index in [1.807, 2.05) is 0 Å². The third kappa shape index (κ3) is 1.89. The Hall–Kier alpha value is -1.80. The lowest BCUT2D eigenvalue weighted by Crippen LogP contribution is -2.17. The number of anilines is 1. The number of nitrogens with two attached hydrogens (primary N) is 1. The van der Waals surface area contributed by atoms with Crippen LogP contribution < -0.4 is 10.6 Å². The predicted octanol–water partition coefficient (Wildman–Crippen LogP) is 2.97. The fraction of sp³-hybridized carbons (Fsp3) is 0.250. The Morgan fingerprint density at radius 2 is 1.72 bits per heavy atom. The lowest BCUT2D eigenvalue weighted by atomic mass is 10.1. The van der Waals surface area contributed by atoms with Crippen LogP contribution in [0.5, 0.6) is 0 Å². The zero-order chi connectivity index (χ0) is 12.5. The minimum Gasteiger partial charge on any atom is -0.363 e. The molecule has 0 unspecified atom stereocenters. The first-order valence-electron chi connectivity index (χ1n) is 6.39. The van der Waals surface area contributed by atoms with Gasteiger partial charge in [-0.15, -0.1) is 0 Å². The van der Waals surface area contributed by atoms with Crippen LogP contribution in [0.2, 0.25) is 0 Å². The highest BCUT2D eigenvalue weighted by Gasteiger charge is 2.20. The number of hydrogen-bond acceptors (Lipinski definition) is 2. The first-order chi connectivity index (χ1) is 8.78. The number of aryl methyl sites for hydroxylation is 1. The van der Waals surface area contributed by atoms with E-state index in [1.165, 1.54) is 27.9 Å². The average Bonchev–Trinajstić information content (AvgIpc) is 2.82. The predicted molar refractivity (Wildman–Crippen MR) is 75.4 cm³/mol. The summed E-state index contributed by atoms with van der Waals surface area (Å²) in [5.74, 6) is 0. The summed E-state index contributed by atoms with van der Waals surface area (Å²) in [6, 6.07) is 15.2. The lowest BCUT2D eigenvalue weighted by Gasteiger charge is -2.21. The Balaban J connectivity index is 1.97. The van der Waals surface area contributed by atoms with E-state index in [-0.39, 0.29) is 0 Å². The van der Waals surface area contributed by atoms with E-state index in [2.05, 4.69) is 54.3 Å². The molecule has 0 bridgehead atoms. The Labute approximate surface area is 108 Å². The van der Waals surface area contributed by atoms with E-state index in [0.29, 0.717) is 6.54 Å². The van der Waals surface area contributed by atoms with E-state index in [1.54, 1.807) is 0 Å².